The topological polar surface area (TPSA) is 15.7 Å². The molecule has 2 aromatic rings. The number of ether oxygens (including phenoxy) is 1. The van der Waals surface area contributed by atoms with Crippen LogP contribution < -0.4 is 0 Å². The predicted octanol–water partition coefficient (Wildman–Crippen LogP) is 4.61. The van der Waals surface area contributed by atoms with Gasteiger partial charge in [-0.05, 0) is 43.0 Å². The lowest BCUT2D eigenvalue weighted by Gasteiger charge is -2.40. The zero-order valence-electron chi connectivity index (χ0n) is 16.1. The number of rotatable bonds is 5. The Bertz CT molecular complexity index is 713. The van der Waals surface area contributed by atoms with Crippen molar-refractivity contribution in [3.8, 4) is 0 Å². The summed E-state index contributed by atoms with van der Waals surface area (Å²) in [6.45, 7) is 7.62. The maximum Gasteiger partial charge on any atom is 0.0706 e. The zero-order valence-corrected chi connectivity index (χ0v) is 16.8. The molecule has 0 bridgehead atoms. The molecular formula is C23H29ClN2O. The molecule has 0 spiro atoms. The Hall–Kier alpha value is -1.39. The van der Waals surface area contributed by atoms with Gasteiger partial charge < -0.3 is 4.74 Å². The van der Waals surface area contributed by atoms with Crippen LogP contribution in [0.4, 0.5) is 0 Å². The summed E-state index contributed by atoms with van der Waals surface area (Å²) in [5, 5.41) is 0.793. The van der Waals surface area contributed by atoms with Crippen LogP contribution >= 0.6 is 11.6 Å². The Morgan fingerprint density at radius 2 is 1.59 bits per heavy atom. The van der Waals surface area contributed by atoms with Crippen LogP contribution in [-0.2, 0) is 4.74 Å². The molecule has 2 saturated heterocycles. The van der Waals surface area contributed by atoms with Gasteiger partial charge in [0.2, 0.25) is 0 Å². The Kier molecular flexibility index (Phi) is 6.14. The standard InChI is InChI=1S/C23H29ClN2O/c1-18-7-12-22(27-18)17-25-13-15-26(16-14-25)23(19-5-3-2-4-6-19)20-8-10-21(24)11-9-20/h2-6,8-11,18,22-23H,7,12-17H2,1H3. The van der Waals surface area contributed by atoms with E-state index in [2.05, 4.69) is 59.2 Å². The lowest BCUT2D eigenvalue weighted by atomic mass is 9.96. The number of piperazine rings is 1. The zero-order chi connectivity index (χ0) is 18.6. The third-order valence-electron chi connectivity index (χ3n) is 5.85. The van der Waals surface area contributed by atoms with Gasteiger partial charge in [-0.2, -0.15) is 0 Å². The summed E-state index contributed by atoms with van der Waals surface area (Å²) in [7, 11) is 0. The lowest BCUT2D eigenvalue weighted by Crippen LogP contribution is -2.49. The number of hydrogen-bond donors (Lipinski definition) is 0. The summed E-state index contributed by atoms with van der Waals surface area (Å²) in [6, 6.07) is 19.4. The molecule has 2 aliphatic heterocycles. The van der Waals surface area contributed by atoms with Crippen LogP contribution in [0.25, 0.3) is 0 Å². The van der Waals surface area contributed by atoms with Crippen molar-refractivity contribution >= 4 is 11.6 Å². The first-order valence-electron chi connectivity index (χ1n) is 10.1. The van der Waals surface area contributed by atoms with Crippen molar-refractivity contribution in [3.05, 3.63) is 70.7 Å². The minimum atomic E-state index is 0.286. The van der Waals surface area contributed by atoms with Crippen molar-refractivity contribution in [2.24, 2.45) is 0 Å². The summed E-state index contributed by atoms with van der Waals surface area (Å²) in [6.07, 6.45) is 3.27. The van der Waals surface area contributed by atoms with Gasteiger partial charge in [-0.1, -0.05) is 54.1 Å². The number of hydrogen-bond acceptors (Lipinski definition) is 3. The molecule has 0 aromatic heterocycles. The highest BCUT2D eigenvalue weighted by atomic mass is 35.5. The highest BCUT2D eigenvalue weighted by Gasteiger charge is 2.29. The molecule has 4 heteroatoms. The van der Waals surface area contributed by atoms with Gasteiger partial charge in [0.1, 0.15) is 0 Å². The van der Waals surface area contributed by atoms with E-state index in [0.29, 0.717) is 12.2 Å². The van der Waals surface area contributed by atoms with Crippen molar-refractivity contribution in [1.82, 2.24) is 9.80 Å². The molecule has 4 rings (SSSR count). The molecule has 0 N–H and O–H groups in total. The van der Waals surface area contributed by atoms with E-state index in [0.717, 1.165) is 37.7 Å². The Labute approximate surface area is 167 Å². The molecule has 2 heterocycles. The van der Waals surface area contributed by atoms with E-state index in [1.54, 1.807) is 0 Å². The van der Waals surface area contributed by atoms with Crippen molar-refractivity contribution in [2.45, 2.75) is 38.0 Å². The van der Waals surface area contributed by atoms with Crippen LogP contribution in [0, 0.1) is 0 Å². The maximum atomic E-state index is 6.13. The van der Waals surface area contributed by atoms with E-state index >= 15 is 0 Å². The van der Waals surface area contributed by atoms with Gasteiger partial charge in [0.25, 0.3) is 0 Å². The molecule has 0 amide bonds. The van der Waals surface area contributed by atoms with Gasteiger partial charge in [-0.15, -0.1) is 0 Å². The van der Waals surface area contributed by atoms with Gasteiger partial charge in [0, 0.05) is 37.7 Å². The van der Waals surface area contributed by atoms with Gasteiger partial charge in [-0.3, -0.25) is 9.80 Å². The lowest BCUT2D eigenvalue weighted by molar-refractivity contribution is 0.0160. The summed E-state index contributed by atoms with van der Waals surface area (Å²) < 4.78 is 6.02. The Balaban J connectivity index is 1.45. The second kappa shape index (κ2) is 8.74. The summed E-state index contributed by atoms with van der Waals surface area (Å²) in [5.41, 5.74) is 2.66. The summed E-state index contributed by atoms with van der Waals surface area (Å²) in [5.74, 6) is 0. The van der Waals surface area contributed by atoms with Gasteiger partial charge in [0.05, 0.1) is 18.2 Å². The molecule has 2 fully saturated rings. The number of benzene rings is 2. The summed E-state index contributed by atoms with van der Waals surface area (Å²) in [4.78, 5) is 5.18. The fourth-order valence-electron chi connectivity index (χ4n) is 4.41. The second-order valence-corrected chi connectivity index (χ2v) is 8.28. The molecule has 3 nitrogen and oxygen atoms in total. The normalized spacial score (nSPS) is 25.6. The molecule has 2 aliphatic rings. The largest absolute Gasteiger partial charge is 0.374 e. The average molecular weight is 385 g/mol. The van der Waals surface area contributed by atoms with E-state index < -0.39 is 0 Å². The molecule has 144 valence electrons. The molecular weight excluding hydrogens is 356 g/mol. The van der Waals surface area contributed by atoms with Gasteiger partial charge >= 0.3 is 0 Å². The van der Waals surface area contributed by atoms with Gasteiger partial charge in [-0.25, -0.2) is 0 Å². The highest BCUT2D eigenvalue weighted by molar-refractivity contribution is 6.30. The first kappa shape index (κ1) is 18.9. The van der Waals surface area contributed by atoms with Crippen molar-refractivity contribution in [1.29, 1.82) is 0 Å². The summed E-state index contributed by atoms with van der Waals surface area (Å²) >= 11 is 6.13. The van der Waals surface area contributed by atoms with E-state index in [-0.39, 0.29) is 6.04 Å². The second-order valence-electron chi connectivity index (χ2n) is 7.85. The number of nitrogens with zero attached hydrogens (tertiary/aromatic N) is 2. The van der Waals surface area contributed by atoms with Crippen molar-refractivity contribution < 1.29 is 4.74 Å². The van der Waals surface area contributed by atoms with Crippen LogP contribution in [0.15, 0.2) is 54.6 Å². The van der Waals surface area contributed by atoms with E-state index in [4.69, 9.17) is 16.3 Å². The smallest absolute Gasteiger partial charge is 0.0706 e. The van der Waals surface area contributed by atoms with Crippen LogP contribution in [0.3, 0.4) is 0 Å². The first-order chi connectivity index (χ1) is 13.2. The quantitative estimate of drug-likeness (QED) is 0.748. The van der Waals surface area contributed by atoms with E-state index in [1.807, 2.05) is 12.1 Å². The van der Waals surface area contributed by atoms with Crippen LogP contribution in [-0.4, -0.2) is 54.7 Å². The minimum absolute atomic E-state index is 0.286. The molecule has 0 saturated carbocycles. The third kappa shape index (κ3) is 4.72. The molecule has 3 unspecified atom stereocenters. The maximum absolute atomic E-state index is 6.13. The van der Waals surface area contributed by atoms with Crippen LogP contribution in [0.1, 0.15) is 36.9 Å². The highest BCUT2D eigenvalue weighted by Crippen LogP contribution is 2.30. The average Bonchev–Trinajstić information content (AvgIpc) is 3.10. The monoisotopic (exact) mass is 384 g/mol. The first-order valence-corrected chi connectivity index (χ1v) is 10.5. The molecule has 27 heavy (non-hydrogen) atoms. The van der Waals surface area contributed by atoms with E-state index in [1.165, 1.54) is 24.0 Å². The van der Waals surface area contributed by atoms with Crippen molar-refractivity contribution in [3.63, 3.8) is 0 Å². The predicted molar refractivity (Wildman–Crippen MR) is 111 cm³/mol. The minimum Gasteiger partial charge on any atom is -0.374 e. The fraction of sp³-hybridized carbons (Fsp3) is 0.478. The van der Waals surface area contributed by atoms with Crippen LogP contribution in [0.5, 0.6) is 0 Å². The Morgan fingerprint density at radius 3 is 2.22 bits per heavy atom. The molecule has 3 atom stereocenters. The fourth-order valence-corrected chi connectivity index (χ4v) is 4.53. The van der Waals surface area contributed by atoms with E-state index in [9.17, 15) is 0 Å². The van der Waals surface area contributed by atoms with Crippen molar-refractivity contribution in [2.75, 3.05) is 32.7 Å². The molecule has 2 aromatic carbocycles. The van der Waals surface area contributed by atoms with Gasteiger partial charge in [0.15, 0.2) is 0 Å². The third-order valence-corrected chi connectivity index (χ3v) is 6.11. The Morgan fingerprint density at radius 1 is 0.926 bits per heavy atom. The molecule has 0 aliphatic carbocycles. The SMILES string of the molecule is CC1CCC(CN2CCN(C(c3ccccc3)c3ccc(Cl)cc3)CC2)O1. The van der Waals surface area contributed by atoms with Crippen LogP contribution in [0.2, 0.25) is 5.02 Å². The molecule has 0 radical (unpaired) electrons. The number of halogens is 1.